The molecule has 9 heteroatoms. The number of amides is 1. The number of hydrogen-bond acceptors (Lipinski definition) is 8. The fourth-order valence-corrected chi connectivity index (χ4v) is 6.50. The van der Waals surface area contributed by atoms with Crippen LogP contribution in [0.3, 0.4) is 0 Å². The molecule has 8 nitrogen and oxygen atoms in total. The first kappa shape index (κ1) is 33.1. The van der Waals surface area contributed by atoms with Crippen molar-refractivity contribution in [2.45, 2.75) is 88.3 Å². The first-order valence-corrected chi connectivity index (χ1v) is 16.0. The summed E-state index contributed by atoms with van der Waals surface area (Å²) < 4.78 is 22.7. The number of carbonyl (C=O) groups is 2. The Morgan fingerprint density at radius 3 is 2.09 bits per heavy atom. The third kappa shape index (κ3) is 8.40. The van der Waals surface area contributed by atoms with Crippen molar-refractivity contribution >= 4 is 35.2 Å². The lowest BCUT2D eigenvalue weighted by Gasteiger charge is -2.36. The summed E-state index contributed by atoms with van der Waals surface area (Å²) in [6.07, 6.45) is 3.99. The summed E-state index contributed by atoms with van der Waals surface area (Å²) in [7, 11) is 3.24. The largest absolute Gasteiger partial charge is 0.496 e. The Morgan fingerprint density at radius 1 is 0.841 bits per heavy atom. The summed E-state index contributed by atoms with van der Waals surface area (Å²) in [4.78, 5) is 30.0. The molecule has 236 valence electrons. The monoisotopic (exact) mass is 620 g/mol. The highest BCUT2D eigenvalue weighted by Gasteiger charge is 2.31. The Bertz CT molecular complexity index is 1440. The minimum Gasteiger partial charge on any atom is -0.496 e. The number of carbonyl (C=O) groups excluding carboxylic acids is 2. The predicted molar refractivity (Wildman–Crippen MR) is 174 cm³/mol. The Kier molecular flexibility index (Phi) is 11.4. The molecule has 0 spiro atoms. The van der Waals surface area contributed by atoms with Gasteiger partial charge in [-0.05, 0) is 57.0 Å². The molecule has 1 amide bonds. The van der Waals surface area contributed by atoms with Crippen molar-refractivity contribution in [3.63, 3.8) is 0 Å². The van der Waals surface area contributed by atoms with Crippen LogP contribution in [0.5, 0.6) is 11.5 Å². The zero-order valence-corrected chi connectivity index (χ0v) is 27.5. The van der Waals surface area contributed by atoms with E-state index < -0.39 is 11.7 Å². The molecule has 44 heavy (non-hydrogen) atoms. The SMILES string of the molecule is CCCCCCN1c2ccc(OC)c(CNC(=O)OC(C)(C)C)c2Sc2c1ccc(OC)c2CC(=O)OCc1ccccc1. The standard InChI is InChI=1S/C35H44N2O6S/c1-7-8-9-13-20-37-27-16-18-29(40-5)25(21-31(38)42-23-24-14-11-10-12-15-24)32(27)44-33-26(30(41-6)19-17-28(33)37)22-36-34(39)43-35(2,3)4/h10-12,14-19H,7-9,13,20-23H2,1-6H3,(H,36,39). The topological polar surface area (TPSA) is 86.3 Å². The van der Waals surface area contributed by atoms with Crippen molar-refractivity contribution < 1.29 is 28.5 Å². The number of esters is 1. The van der Waals surface area contributed by atoms with Crippen LogP contribution in [0.2, 0.25) is 0 Å². The normalized spacial score (nSPS) is 12.2. The first-order chi connectivity index (χ1) is 21.1. The number of ether oxygens (including phenoxy) is 4. The molecular weight excluding hydrogens is 576 g/mol. The zero-order chi connectivity index (χ0) is 31.7. The molecule has 0 radical (unpaired) electrons. The average Bonchev–Trinajstić information content (AvgIpc) is 3.00. The summed E-state index contributed by atoms with van der Waals surface area (Å²) in [6.45, 7) is 8.92. The molecular formula is C35H44N2O6S. The van der Waals surface area contributed by atoms with E-state index >= 15 is 0 Å². The van der Waals surface area contributed by atoms with Crippen LogP contribution < -0.4 is 19.7 Å². The van der Waals surface area contributed by atoms with Crippen LogP contribution in [0, 0.1) is 0 Å². The van der Waals surface area contributed by atoms with E-state index in [4.69, 9.17) is 18.9 Å². The highest BCUT2D eigenvalue weighted by atomic mass is 32.2. The van der Waals surface area contributed by atoms with E-state index in [-0.39, 0.29) is 25.5 Å². The number of rotatable bonds is 13. The molecule has 1 aliphatic rings. The Morgan fingerprint density at radius 2 is 1.48 bits per heavy atom. The minimum absolute atomic E-state index is 0.0562. The van der Waals surface area contributed by atoms with Crippen molar-refractivity contribution in [3.05, 3.63) is 71.3 Å². The minimum atomic E-state index is -0.617. The third-order valence-electron chi connectivity index (χ3n) is 7.23. The van der Waals surface area contributed by atoms with E-state index in [9.17, 15) is 9.59 Å². The number of methoxy groups -OCH3 is 2. The molecule has 1 aliphatic heterocycles. The first-order valence-electron chi connectivity index (χ1n) is 15.2. The van der Waals surface area contributed by atoms with Crippen LogP contribution in [0.1, 0.15) is 70.1 Å². The van der Waals surface area contributed by atoms with Gasteiger partial charge < -0.3 is 29.2 Å². The number of hydrogen-bond donors (Lipinski definition) is 1. The van der Waals surface area contributed by atoms with Crippen LogP contribution in [-0.4, -0.2) is 38.4 Å². The third-order valence-corrected chi connectivity index (χ3v) is 8.55. The average molecular weight is 621 g/mol. The van der Waals surface area contributed by atoms with Gasteiger partial charge in [-0.15, -0.1) is 0 Å². The van der Waals surface area contributed by atoms with Gasteiger partial charge in [0.15, 0.2) is 0 Å². The number of unbranched alkanes of at least 4 members (excludes halogenated alkanes) is 3. The van der Waals surface area contributed by atoms with Gasteiger partial charge in [0.1, 0.15) is 23.7 Å². The second kappa shape index (κ2) is 15.2. The fourth-order valence-electron chi connectivity index (χ4n) is 5.14. The number of anilines is 2. The lowest BCUT2D eigenvalue weighted by atomic mass is 10.1. The molecule has 1 heterocycles. The van der Waals surface area contributed by atoms with E-state index in [0.717, 1.165) is 70.1 Å². The van der Waals surface area contributed by atoms with Crippen molar-refractivity contribution in [1.29, 1.82) is 0 Å². The van der Waals surface area contributed by atoms with Crippen LogP contribution in [0.25, 0.3) is 0 Å². The van der Waals surface area contributed by atoms with E-state index in [1.165, 1.54) is 0 Å². The van der Waals surface area contributed by atoms with E-state index in [1.54, 1.807) is 26.0 Å². The van der Waals surface area contributed by atoms with Crippen LogP contribution >= 0.6 is 11.8 Å². The highest BCUT2D eigenvalue weighted by molar-refractivity contribution is 7.99. The van der Waals surface area contributed by atoms with Crippen molar-refractivity contribution in [3.8, 4) is 11.5 Å². The van der Waals surface area contributed by atoms with Gasteiger partial charge in [0, 0.05) is 27.5 Å². The van der Waals surface area contributed by atoms with Gasteiger partial charge in [-0.2, -0.15) is 0 Å². The number of benzene rings is 3. The van der Waals surface area contributed by atoms with E-state index in [0.29, 0.717) is 11.5 Å². The van der Waals surface area contributed by atoms with Gasteiger partial charge in [0.25, 0.3) is 0 Å². The molecule has 0 saturated heterocycles. The van der Waals surface area contributed by atoms with Crippen LogP contribution in [-0.2, 0) is 33.8 Å². The quantitative estimate of drug-likeness (QED) is 0.151. The number of nitrogens with zero attached hydrogens (tertiary/aromatic N) is 1. The molecule has 3 aromatic rings. The summed E-state index contributed by atoms with van der Waals surface area (Å²) in [6, 6.07) is 17.6. The maximum Gasteiger partial charge on any atom is 0.407 e. The lowest BCUT2D eigenvalue weighted by Crippen LogP contribution is -2.32. The Balaban J connectivity index is 1.72. The molecule has 0 aliphatic carbocycles. The van der Waals surface area contributed by atoms with Gasteiger partial charge in [0.2, 0.25) is 0 Å². The lowest BCUT2D eigenvalue weighted by molar-refractivity contribution is -0.144. The maximum atomic E-state index is 13.2. The van der Waals surface area contributed by atoms with Gasteiger partial charge in [-0.1, -0.05) is 68.3 Å². The van der Waals surface area contributed by atoms with Gasteiger partial charge in [0.05, 0.1) is 38.6 Å². The summed E-state index contributed by atoms with van der Waals surface area (Å²) in [5, 5.41) is 2.91. The number of fused-ring (bicyclic) bond motifs is 2. The predicted octanol–water partition coefficient (Wildman–Crippen LogP) is 8.20. The second-order valence-corrected chi connectivity index (χ2v) is 12.7. The Labute approximate surface area is 265 Å². The highest BCUT2D eigenvalue weighted by Crippen LogP contribution is 2.54. The zero-order valence-electron chi connectivity index (χ0n) is 26.7. The molecule has 0 bridgehead atoms. The molecule has 4 rings (SSSR count). The van der Waals surface area contributed by atoms with Gasteiger partial charge in [-0.3, -0.25) is 4.79 Å². The summed E-state index contributed by atoms with van der Waals surface area (Å²) in [5.41, 5.74) is 3.97. The summed E-state index contributed by atoms with van der Waals surface area (Å²) in [5.74, 6) is 0.950. The fraction of sp³-hybridized carbons (Fsp3) is 0.429. The molecule has 3 aromatic carbocycles. The van der Waals surface area contributed by atoms with E-state index in [1.807, 2.05) is 63.2 Å². The molecule has 0 unspecified atom stereocenters. The number of nitrogens with one attached hydrogen (secondary N) is 1. The van der Waals surface area contributed by atoms with Gasteiger partial charge in [-0.25, -0.2) is 4.79 Å². The van der Waals surface area contributed by atoms with E-state index in [2.05, 4.69) is 29.3 Å². The van der Waals surface area contributed by atoms with Crippen LogP contribution in [0.4, 0.5) is 16.2 Å². The Hall–Kier alpha value is -3.85. The summed E-state index contributed by atoms with van der Waals surface area (Å²) >= 11 is 1.56. The molecule has 0 atom stereocenters. The maximum absolute atomic E-state index is 13.2. The molecule has 0 aromatic heterocycles. The van der Waals surface area contributed by atoms with Crippen molar-refractivity contribution in [1.82, 2.24) is 5.32 Å². The molecule has 0 saturated carbocycles. The van der Waals surface area contributed by atoms with Crippen molar-refractivity contribution in [2.24, 2.45) is 0 Å². The smallest absolute Gasteiger partial charge is 0.407 e. The van der Waals surface area contributed by atoms with Gasteiger partial charge >= 0.3 is 12.1 Å². The van der Waals surface area contributed by atoms with Crippen LogP contribution in [0.15, 0.2) is 64.4 Å². The second-order valence-electron chi connectivity index (χ2n) is 11.7. The number of alkyl carbamates (subject to hydrolysis) is 1. The molecule has 0 fully saturated rings. The molecule has 1 N–H and O–H groups in total. The van der Waals surface area contributed by atoms with Crippen molar-refractivity contribution in [2.75, 3.05) is 25.7 Å².